The molecule has 2 aromatic carbocycles. The van der Waals surface area contributed by atoms with Crippen molar-refractivity contribution in [1.82, 2.24) is 25.4 Å². The number of benzene rings is 2. The van der Waals surface area contributed by atoms with Crippen molar-refractivity contribution in [3.05, 3.63) is 81.9 Å². The molecule has 1 aliphatic heterocycles. The molecule has 0 radical (unpaired) electrons. The molecule has 0 bridgehead atoms. The van der Waals surface area contributed by atoms with Gasteiger partial charge in [0.15, 0.2) is 0 Å². The lowest BCUT2D eigenvalue weighted by Crippen LogP contribution is -2.45. The zero-order valence-corrected chi connectivity index (χ0v) is 22.3. The molecule has 3 aromatic rings. The molecule has 1 saturated heterocycles. The second kappa shape index (κ2) is 10.9. The summed E-state index contributed by atoms with van der Waals surface area (Å²) in [5, 5.41) is 21.3. The van der Waals surface area contributed by atoms with Gasteiger partial charge in [-0.25, -0.2) is 0 Å². The lowest BCUT2D eigenvalue weighted by atomic mass is 9.67. The molecular formula is C29H32N8O3. The van der Waals surface area contributed by atoms with Gasteiger partial charge in [0, 0.05) is 23.7 Å². The fourth-order valence-corrected chi connectivity index (χ4v) is 6.23. The van der Waals surface area contributed by atoms with E-state index in [-0.39, 0.29) is 24.5 Å². The van der Waals surface area contributed by atoms with Crippen molar-refractivity contribution in [2.24, 2.45) is 11.5 Å². The number of amides is 3. The maximum absolute atomic E-state index is 13.0. The van der Waals surface area contributed by atoms with Gasteiger partial charge in [0.05, 0.1) is 18.0 Å². The number of nitrogens with zero attached hydrogens (tertiary/aromatic N) is 4. The summed E-state index contributed by atoms with van der Waals surface area (Å²) < 4.78 is 0. The number of primary amides is 2. The van der Waals surface area contributed by atoms with Crippen molar-refractivity contribution in [3.8, 4) is 6.07 Å². The molecule has 0 saturated carbocycles. The maximum Gasteiger partial charge on any atom is 0.248 e. The van der Waals surface area contributed by atoms with Gasteiger partial charge in [0.1, 0.15) is 18.2 Å². The molecule has 206 valence electrons. The Morgan fingerprint density at radius 3 is 2.27 bits per heavy atom. The van der Waals surface area contributed by atoms with Crippen LogP contribution in [-0.4, -0.2) is 63.0 Å². The number of nitriles is 1. The minimum absolute atomic E-state index is 0.0901. The van der Waals surface area contributed by atoms with Crippen LogP contribution in [0.25, 0.3) is 0 Å². The number of carbonyl (C=O) groups is 3. The number of aromatic nitrogens is 3. The third-order valence-corrected chi connectivity index (χ3v) is 8.12. The Kier molecular flexibility index (Phi) is 7.36. The number of H-pyrrole nitrogens is 1. The number of hydrogen-bond donors (Lipinski definition) is 4. The summed E-state index contributed by atoms with van der Waals surface area (Å²) in [4.78, 5) is 41.9. The summed E-state index contributed by atoms with van der Waals surface area (Å²) in [5.74, 6) is -0.544. The Balaban J connectivity index is 1.58. The van der Waals surface area contributed by atoms with E-state index < -0.39 is 17.2 Å². The zero-order valence-electron chi connectivity index (χ0n) is 22.3. The van der Waals surface area contributed by atoms with Crippen molar-refractivity contribution < 1.29 is 14.4 Å². The lowest BCUT2D eigenvalue weighted by molar-refractivity contribution is -0.130. The van der Waals surface area contributed by atoms with Crippen LogP contribution in [0, 0.1) is 11.3 Å². The summed E-state index contributed by atoms with van der Waals surface area (Å²) >= 11 is 0. The molecule has 1 aliphatic carbocycles. The normalized spacial score (nSPS) is 18.2. The second-order valence-electron chi connectivity index (χ2n) is 10.6. The van der Waals surface area contributed by atoms with Crippen LogP contribution in [0.1, 0.15) is 75.0 Å². The predicted octanol–water partition coefficient (Wildman–Crippen LogP) is 1.32. The number of carbonyl (C=O) groups excluding carboxylic acids is 3. The monoisotopic (exact) mass is 540 g/mol. The van der Waals surface area contributed by atoms with Gasteiger partial charge in [0.2, 0.25) is 17.7 Å². The molecule has 40 heavy (non-hydrogen) atoms. The summed E-state index contributed by atoms with van der Waals surface area (Å²) in [6.07, 6.45) is 4.72. The summed E-state index contributed by atoms with van der Waals surface area (Å²) in [6, 6.07) is 12.5. The number of likely N-dealkylation sites (tertiary alicyclic amines) is 1. The fourth-order valence-electron chi connectivity index (χ4n) is 6.23. The van der Waals surface area contributed by atoms with Crippen LogP contribution >= 0.6 is 0 Å². The highest BCUT2D eigenvalue weighted by Crippen LogP contribution is 2.47. The van der Waals surface area contributed by atoms with E-state index in [1.54, 1.807) is 17.0 Å². The fraction of sp³-hybridized carbons (Fsp3) is 0.379. The van der Waals surface area contributed by atoms with Gasteiger partial charge < -0.3 is 26.7 Å². The first kappa shape index (κ1) is 27.0. The van der Waals surface area contributed by atoms with Gasteiger partial charge in [-0.2, -0.15) is 5.26 Å². The first-order valence-corrected chi connectivity index (χ1v) is 13.4. The number of nitrogens with one attached hydrogen (secondary N) is 2. The average Bonchev–Trinajstić information content (AvgIpc) is 3.64. The van der Waals surface area contributed by atoms with E-state index in [0.717, 1.165) is 28.7 Å². The highest BCUT2D eigenvalue weighted by Gasteiger charge is 2.45. The van der Waals surface area contributed by atoms with Gasteiger partial charge in [-0.3, -0.25) is 14.4 Å². The van der Waals surface area contributed by atoms with Crippen LogP contribution < -0.4 is 16.8 Å². The van der Waals surface area contributed by atoms with E-state index in [0.29, 0.717) is 49.2 Å². The van der Waals surface area contributed by atoms with E-state index in [2.05, 4.69) is 26.6 Å². The number of nitrogens with two attached hydrogens (primary N) is 2. The number of hydrogen-bond acceptors (Lipinski definition) is 7. The smallest absolute Gasteiger partial charge is 0.248 e. The number of rotatable bonds is 8. The Morgan fingerprint density at radius 1 is 1.12 bits per heavy atom. The molecule has 6 N–H and O–H groups in total. The largest absolute Gasteiger partial charge is 0.366 e. The zero-order chi connectivity index (χ0) is 28.4. The molecule has 11 heteroatoms. The van der Waals surface area contributed by atoms with Crippen LogP contribution in [0.2, 0.25) is 0 Å². The summed E-state index contributed by atoms with van der Waals surface area (Å²) in [6.45, 7) is 2.67. The van der Waals surface area contributed by atoms with Gasteiger partial charge in [0.25, 0.3) is 0 Å². The second-order valence-corrected chi connectivity index (χ2v) is 10.6. The molecule has 2 atom stereocenters. The van der Waals surface area contributed by atoms with E-state index in [4.69, 9.17) is 11.5 Å². The molecular weight excluding hydrogens is 508 g/mol. The third-order valence-electron chi connectivity index (χ3n) is 8.12. The minimum Gasteiger partial charge on any atom is -0.366 e. The Bertz CT molecular complexity index is 1430. The molecule has 2 aliphatic rings. The molecule has 11 nitrogen and oxygen atoms in total. The molecule has 0 spiro atoms. The van der Waals surface area contributed by atoms with Crippen molar-refractivity contribution in [1.29, 1.82) is 5.26 Å². The van der Waals surface area contributed by atoms with E-state index in [9.17, 15) is 19.6 Å². The van der Waals surface area contributed by atoms with Gasteiger partial charge in [-0.1, -0.05) is 12.1 Å². The van der Waals surface area contributed by atoms with Crippen LogP contribution in [0.15, 0.2) is 42.7 Å². The van der Waals surface area contributed by atoms with Crippen molar-refractivity contribution in [3.63, 3.8) is 0 Å². The first-order valence-electron chi connectivity index (χ1n) is 13.4. The third kappa shape index (κ3) is 4.82. The highest BCUT2D eigenvalue weighted by molar-refractivity contribution is 5.94. The minimum atomic E-state index is -0.859. The number of aromatic amines is 1. The Labute approximate surface area is 231 Å². The van der Waals surface area contributed by atoms with Crippen LogP contribution in [-0.2, 0) is 23.1 Å². The molecule has 1 fully saturated rings. The van der Waals surface area contributed by atoms with Crippen LogP contribution in [0.3, 0.4) is 0 Å². The van der Waals surface area contributed by atoms with Crippen LogP contribution in [0.5, 0.6) is 0 Å². The molecule has 1 aromatic heterocycles. The maximum atomic E-state index is 13.0. The SMILES string of the molecule is C[C@@H](CC1(c2nnc[nH]2)c2ccc(C(N)=O)cc2CCc2cc(C(N)=O)ccc21)NCC(=O)N1CCCC1C#N. The summed E-state index contributed by atoms with van der Waals surface area (Å²) in [5.41, 5.74) is 14.9. The van der Waals surface area contributed by atoms with E-state index in [1.807, 2.05) is 31.2 Å². The summed E-state index contributed by atoms with van der Waals surface area (Å²) in [7, 11) is 0. The van der Waals surface area contributed by atoms with Crippen molar-refractivity contribution >= 4 is 17.7 Å². The lowest BCUT2D eigenvalue weighted by Gasteiger charge is -2.37. The van der Waals surface area contributed by atoms with Crippen molar-refractivity contribution in [2.75, 3.05) is 13.1 Å². The average molecular weight is 541 g/mol. The predicted molar refractivity (Wildman–Crippen MR) is 146 cm³/mol. The van der Waals surface area contributed by atoms with E-state index in [1.165, 1.54) is 6.33 Å². The van der Waals surface area contributed by atoms with Gasteiger partial charge >= 0.3 is 0 Å². The molecule has 5 rings (SSSR count). The molecule has 3 amide bonds. The standard InChI is InChI=1S/C29H32N8O3/c1-17(33-15-25(38)37-10-2-3-22(37)14-30)13-29(28-34-16-35-36-28)23-8-6-20(26(31)39)11-18(23)4-5-19-12-21(27(32)40)7-9-24(19)29/h6-9,11-12,16-17,22,33H,2-5,10,13,15H2,1H3,(H2,31,39)(H2,32,40)(H,34,35,36)/t17-,22?/m0/s1. The van der Waals surface area contributed by atoms with Crippen molar-refractivity contribution in [2.45, 2.75) is 56.5 Å². The van der Waals surface area contributed by atoms with E-state index >= 15 is 0 Å². The van der Waals surface area contributed by atoms with Gasteiger partial charge in [-0.15, -0.1) is 10.2 Å². The Morgan fingerprint density at radius 2 is 1.75 bits per heavy atom. The Hall–Kier alpha value is -4.56. The first-order chi connectivity index (χ1) is 19.2. The van der Waals surface area contributed by atoms with Crippen LogP contribution in [0.4, 0.5) is 0 Å². The molecule has 2 heterocycles. The number of fused-ring (bicyclic) bond motifs is 2. The van der Waals surface area contributed by atoms with Gasteiger partial charge in [-0.05, 0) is 85.5 Å². The highest BCUT2D eigenvalue weighted by atomic mass is 16.2. The topological polar surface area (TPSA) is 184 Å². The quantitative estimate of drug-likeness (QED) is 0.332. The number of aryl methyl sites for hydroxylation is 2. The molecule has 1 unspecified atom stereocenters.